The highest BCUT2D eigenvalue weighted by Crippen LogP contribution is 2.29. The van der Waals surface area contributed by atoms with Crippen LogP contribution >= 0.6 is 11.6 Å². The predicted molar refractivity (Wildman–Crippen MR) is 58.9 cm³/mol. The molecular weight excluding hydrogens is 216 g/mol. The van der Waals surface area contributed by atoms with Gasteiger partial charge in [-0.25, -0.2) is 4.98 Å². The third-order valence-corrected chi connectivity index (χ3v) is 2.76. The number of aromatic nitrogens is 2. The van der Waals surface area contributed by atoms with Crippen molar-refractivity contribution in [3.8, 4) is 0 Å². The minimum atomic E-state index is -0.678. The Morgan fingerprint density at radius 2 is 2.40 bits per heavy atom. The highest BCUT2D eigenvalue weighted by atomic mass is 35.5. The Morgan fingerprint density at radius 3 is 3.00 bits per heavy atom. The molecule has 0 spiro atoms. The molecule has 0 radical (unpaired) electrons. The standard InChI is InChI=1S/C9H13ClN4O/c1-9(15)2-3-14(5-9)7-6(10)4-12-8(11)13-7/h4,15H,2-3,5H2,1H3,(H2,11,12,13). The first-order valence-corrected chi connectivity index (χ1v) is 5.11. The molecule has 1 saturated heterocycles. The van der Waals surface area contributed by atoms with E-state index in [1.165, 1.54) is 6.20 Å². The van der Waals surface area contributed by atoms with E-state index in [1.54, 1.807) is 6.92 Å². The molecule has 0 saturated carbocycles. The van der Waals surface area contributed by atoms with E-state index in [-0.39, 0.29) is 5.95 Å². The van der Waals surface area contributed by atoms with Gasteiger partial charge in [0, 0.05) is 13.1 Å². The number of halogens is 1. The number of aliphatic hydroxyl groups is 1. The topological polar surface area (TPSA) is 75.3 Å². The summed E-state index contributed by atoms with van der Waals surface area (Å²) in [6, 6.07) is 0. The lowest BCUT2D eigenvalue weighted by atomic mass is 10.1. The van der Waals surface area contributed by atoms with Gasteiger partial charge in [0.15, 0.2) is 5.82 Å². The Morgan fingerprint density at radius 1 is 1.67 bits per heavy atom. The fraction of sp³-hybridized carbons (Fsp3) is 0.556. The summed E-state index contributed by atoms with van der Waals surface area (Å²) < 4.78 is 0. The fourth-order valence-electron chi connectivity index (χ4n) is 1.72. The molecule has 1 aliphatic rings. The van der Waals surface area contributed by atoms with E-state index in [1.807, 2.05) is 4.90 Å². The SMILES string of the molecule is CC1(O)CCN(c2nc(N)ncc2Cl)C1. The zero-order chi connectivity index (χ0) is 11.1. The van der Waals surface area contributed by atoms with Crippen molar-refractivity contribution in [1.82, 2.24) is 9.97 Å². The molecule has 0 bridgehead atoms. The lowest BCUT2D eigenvalue weighted by molar-refractivity contribution is 0.0839. The Labute approximate surface area is 92.9 Å². The minimum absolute atomic E-state index is 0.195. The minimum Gasteiger partial charge on any atom is -0.388 e. The van der Waals surface area contributed by atoms with Gasteiger partial charge in [-0.1, -0.05) is 11.6 Å². The maximum Gasteiger partial charge on any atom is 0.222 e. The van der Waals surface area contributed by atoms with Gasteiger partial charge >= 0.3 is 0 Å². The second-order valence-corrected chi connectivity index (χ2v) is 4.48. The molecule has 82 valence electrons. The summed E-state index contributed by atoms with van der Waals surface area (Å²) in [7, 11) is 0. The molecule has 0 aromatic carbocycles. The Bertz CT molecular complexity index is 382. The molecule has 1 unspecified atom stereocenters. The summed E-state index contributed by atoms with van der Waals surface area (Å²) in [6.45, 7) is 3.04. The molecule has 1 atom stereocenters. The maximum absolute atomic E-state index is 9.83. The van der Waals surface area contributed by atoms with Crippen molar-refractivity contribution < 1.29 is 5.11 Å². The van der Waals surface area contributed by atoms with Crippen LogP contribution in [0.5, 0.6) is 0 Å². The summed E-state index contributed by atoms with van der Waals surface area (Å²) in [4.78, 5) is 9.78. The Kier molecular flexibility index (Phi) is 2.44. The number of anilines is 2. The molecule has 2 rings (SSSR count). The molecule has 1 fully saturated rings. The van der Waals surface area contributed by atoms with Crippen molar-refractivity contribution >= 4 is 23.4 Å². The monoisotopic (exact) mass is 228 g/mol. The van der Waals surface area contributed by atoms with Crippen molar-refractivity contribution in [2.75, 3.05) is 23.7 Å². The van der Waals surface area contributed by atoms with E-state index < -0.39 is 5.60 Å². The normalized spacial score (nSPS) is 25.9. The third kappa shape index (κ3) is 2.13. The fourth-order valence-corrected chi connectivity index (χ4v) is 1.93. The van der Waals surface area contributed by atoms with Gasteiger partial charge in [0.2, 0.25) is 5.95 Å². The quantitative estimate of drug-likeness (QED) is 0.739. The first-order valence-electron chi connectivity index (χ1n) is 4.73. The van der Waals surface area contributed by atoms with Crippen molar-refractivity contribution in [2.45, 2.75) is 18.9 Å². The van der Waals surface area contributed by atoms with Crippen LogP contribution in [0, 0.1) is 0 Å². The third-order valence-electron chi connectivity index (χ3n) is 2.50. The molecule has 6 heteroatoms. The number of nitrogens with two attached hydrogens (primary N) is 1. The first-order chi connectivity index (χ1) is 6.98. The maximum atomic E-state index is 9.83. The largest absolute Gasteiger partial charge is 0.388 e. The molecule has 1 aromatic heterocycles. The van der Waals surface area contributed by atoms with Gasteiger partial charge in [0.05, 0.1) is 11.8 Å². The molecular formula is C9H13ClN4O. The number of nitrogen functional groups attached to an aromatic ring is 1. The molecule has 5 nitrogen and oxygen atoms in total. The van der Waals surface area contributed by atoms with E-state index in [0.717, 1.165) is 6.54 Å². The summed E-state index contributed by atoms with van der Waals surface area (Å²) in [5, 5.41) is 10.3. The Balaban J connectivity index is 2.27. The zero-order valence-electron chi connectivity index (χ0n) is 8.44. The number of rotatable bonds is 1. The van der Waals surface area contributed by atoms with Crippen LogP contribution < -0.4 is 10.6 Å². The molecule has 0 amide bonds. The molecule has 0 aliphatic carbocycles. The van der Waals surface area contributed by atoms with Crippen molar-refractivity contribution in [2.24, 2.45) is 0 Å². The predicted octanol–water partition coefficient (Wildman–Crippen LogP) is 0.673. The van der Waals surface area contributed by atoms with E-state index in [2.05, 4.69) is 9.97 Å². The summed E-state index contributed by atoms with van der Waals surface area (Å²) in [5.41, 5.74) is 4.82. The summed E-state index contributed by atoms with van der Waals surface area (Å²) in [6.07, 6.45) is 2.18. The summed E-state index contributed by atoms with van der Waals surface area (Å²) in [5.74, 6) is 0.794. The zero-order valence-corrected chi connectivity index (χ0v) is 9.20. The van der Waals surface area contributed by atoms with Crippen molar-refractivity contribution in [1.29, 1.82) is 0 Å². The number of nitrogens with zero attached hydrogens (tertiary/aromatic N) is 3. The van der Waals surface area contributed by atoms with Crippen molar-refractivity contribution in [3.05, 3.63) is 11.2 Å². The van der Waals surface area contributed by atoms with E-state index >= 15 is 0 Å². The van der Waals surface area contributed by atoms with Crippen LogP contribution in [-0.4, -0.2) is 33.8 Å². The van der Waals surface area contributed by atoms with Gasteiger partial charge in [-0.15, -0.1) is 0 Å². The van der Waals surface area contributed by atoms with Gasteiger partial charge in [0.1, 0.15) is 5.02 Å². The van der Waals surface area contributed by atoms with Gasteiger partial charge in [-0.2, -0.15) is 4.98 Å². The van der Waals surface area contributed by atoms with Crippen LogP contribution in [0.2, 0.25) is 5.02 Å². The molecule has 3 N–H and O–H groups in total. The van der Waals surface area contributed by atoms with E-state index in [9.17, 15) is 5.11 Å². The van der Waals surface area contributed by atoms with Crippen LogP contribution in [0.25, 0.3) is 0 Å². The second-order valence-electron chi connectivity index (χ2n) is 4.07. The number of β-amino-alcohol motifs (C(OH)–C–C–N with tert-alkyl or cyclic N) is 1. The average Bonchev–Trinajstić information content (AvgIpc) is 2.50. The van der Waals surface area contributed by atoms with Crippen LogP contribution in [0.15, 0.2) is 6.20 Å². The molecule has 1 aliphatic heterocycles. The number of hydrogen-bond donors (Lipinski definition) is 2. The number of hydrogen-bond acceptors (Lipinski definition) is 5. The summed E-state index contributed by atoms with van der Waals surface area (Å²) >= 11 is 5.97. The lowest BCUT2D eigenvalue weighted by Crippen LogP contribution is -2.30. The van der Waals surface area contributed by atoms with Crippen LogP contribution in [0.4, 0.5) is 11.8 Å². The van der Waals surface area contributed by atoms with Crippen LogP contribution in [0.3, 0.4) is 0 Å². The van der Waals surface area contributed by atoms with Crippen molar-refractivity contribution in [3.63, 3.8) is 0 Å². The highest BCUT2D eigenvalue weighted by Gasteiger charge is 2.32. The lowest BCUT2D eigenvalue weighted by Gasteiger charge is -2.20. The second kappa shape index (κ2) is 3.50. The molecule has 15 heavy (non-hydrogen) atoms. The highest BCUT2D eigenvalue weighted by molar-refractivity contribution is 6.32. The van der Waals surface area contributed by atoms with E-state index in [0.29, 0.717) is 23.8 Å². The van der Waals surface area contributed by atoms with Crippen LogP contribution in [-0.2, 0) is 0 Å². The van der Waals surface area contributed by atoms with Gasteiger partial charge in [-0.3, -0.25) is 0 Å². The average molecular weight is 229 g/mol. The smallest absolute Gasteiger partial charge is 0.222 e. The Hall–Kier alpha value is -1.07. The van der Waals surface area contributed by atoms with Gasteiger partial charge in [-0.05, 0) is 13.3 Å². The molecule has 2 heterocycles. The van der Waals surface area contributed by atoms with E-state index in [4.69, 9.17) is 17.3 Å². The van der Waals surface area contributed by atoms with Gasteiger partial charge < -0.3 is 15.7 Å². The first kappa shape index (κ1) is 10.4. The van der Waals surface area contributed by atoms with Gasteiger partial charge in [0.25, 0.3) is 0 Å². The molecule has 1 aromatic rings. The van der Waals surface area contributed by atoms with Crippen LogP contribution in [0.1, 0.15) is 13.3 Å².